The summed E-state index contributed by atoms with van der Waals surface area (Å²) in [5.74, 6) is -0.440. The van der Waals surface area contributed by atoms with Crippen molar-refractivity contribution >= 4 is 21.5 Å². The highest BCUT2D eigenvalue weighted by molar-refractivity contribution is 7.92. The highest BCUT2D eigenvalue weighted by Gasteiger charge is 2.19. The second-order valence-corrected chi connectivity index (χ2v) is 5.71. The standard InChI is InChI=1S/C12H11N3O5S/c16-8-9-3-1-2-4-11(9)14-21(19,20)10-5-6-12(13-7-10)15(17)18/h1-7,14,16H,8H2. The minimum Gasteiger partial charge on any atom is -0.392 e. The molecule has 2 N–H and O–H groups in total. The van der Waals surface area contributed by atoms with Crippen LogP contribution in [-0.4, -0.2) is 23.4 Å². The van der Waals surface area contributed by atoms with Gasteiger partial charge < -0.3 is 15.2 Å². The van der Waals surface area contributed by atoms with Crippen LogP contribution in [0.15, 0.2) is 47.5 Å². The van der Waals surface area contributed by atoms with Gasteiger partial charge in [0.25, 0.3) is 10.0 Å². The first-order valence-corrected chi connectivity index (χ1v) is 7.24. The minimum absolute atomic E-state index is 0.208. The van der Waals surface area contributed by atoms with Crippen LogP contribution < -0.4 is 4.72 Å². The Bertz CT molecular complexity index is 759. The summed E-state index contributed by atoms with van der Waals surface area (Å²) < 4.78 is 26.6. The van der Waals surface area contributed by atoms with Crippen molar-refractivity contribution < 1.29 is 18.4 Å². The molecule has 0 saturated carbocycles. The summed E-state index contributed by atoms with van der Waals surface area (Å²) in [6.07, 6.45) is 0.905. The Morgan fingerprint density at radius 1 is 1.24 bits per heavy atom. The highest BCUT2D eigenvalue weighted by atomic mass is 32.2. The first-order chi connectivity index (χ1) is 9.94. The van der Waals surface area contributed by atoms with Crippen LogP contribution in [0.3, 0.4) is 0 Å². The molecule has 0 aliphatic rings. The number of nitrogens with one attached hydrogen (secondary N) is 1. The smallest absolute Gasteiger partial charge is 0.363 e. The largest absolute Gasteiger partial charge is 0.392 e. The quantitative estimate of drug-likeness (QED) is 0.633. The molecule has 0 bridgehead atoms. The van der Waals surface area contributed by atoms with Crippen molar-refractivity contribution in [3.8, 4) is 0 Å². The molecule has 0 aliphatic carbocycles. The van der Waals surface area contributed by atoms with Crippen molar-refractivity contribution in [1.82, 2.24) is 4.98 Å². The van der Waals surface area contributed by atoms with E-state index in [0.717, 1.165) is 18.3 Å². The van der Waals surface area contributed by atoms with Crippen LogP contribution in [0.25, 0.3) is 0 Å². The van der Waals surface area contributed by atoms with Crippen LogP contribution in [-0.2, 0) is 16.6 Å². The van der Waals surface area contributed by atoms with E-state index in [4.69, 9.17) is 5.11 Å². The zero-order valence-corrected chi connectivity index (χ0v) is 11.4. The Hall–Kier alpha value is -2.52. The van der Waals surface area contributed by atoms with E-state index in [0.29, 0.717) is 5.56 Å². The summed E-state index contributed by atoms with van der Waals surface area (Å²) in [6, 6.07) is 8.46. The Morgan fingerprint density at radius 3 is 2.52 bits per heavy atom. The maximum absolute atomic E-state index is 12.1. The topological polar surface area (TPSA) is 122 Å². The molecule has 21 heavy (non-hydrogen) atoms. The van der Waals surface area contributed by atoms with Crippen molar-refractivity contribution in [1.29, 1.82) is 0 Å². The van der Waals surface area contributed by atoms with Crippen LogP contribution in [0.5, 0.6) is 0 Å². The summed E-state index contributed by atoms with van der Waals surface area (Å²) >= 11 is 0. The van der Waals surface area contributed by atoms with Crippen LogP contribution in [0, 0.1) is 10.1 Å². The van der Waals surface area contributed by atoms with Gasteiger partial charge in [-0.2, -0.15) is 0 Å². The third-order valence-corrected chi connectivity index (χ3v) is 4.00. The molecule has 1 aromatic heterocycles. The number of aliphatic hydroxyl groups excluding tert-OH is 1. The molecule has 0 radical (unpaired) electrons. The van der Waals surface area contributed by atoms with Gasteiger partial charge in [-0.3, -0.25) is 4.72 Å². The van der Waals surface area contributed by atoms with Gasteiger partial charge in [-0.05, 0) is 22.0 Å². The molecule has 9 heteroatoms. The minimum atomic E-state index is -3.93. The molecule has 0 spiro atoms. The van der Waals surface area contributed by atoms with E-state index in [1.807, 2.05) is 0 Å². The summed E-state index contributed by atoms with van der Waals surface area (Å²) in [5, 5.41) is 19.6. The Kier molecular flexibility index (Phi) is 4.15. The van der Waals surface area contributed by atoms with Crippen molar-refractivity contribution in [3.63, 3.8) is 0 Å². The summed E-state index contributed by atoms with van der Waals surface area (Å²) in [7, 11) is -3.93. The summed E-state index contributed by atoms with van der Waals surface area (Å²) in [6.45, 7) is -0.322. The second-order valence-electron chi connectivity index (χ2n) is 4.03. The first-order valence-electron chi connectivity index (χ1n) is 5.76. The van der Waals surface area contributed by atoms with Crippen LogP contribution in [0.4, 0.5) is 11.5 Å². The third-order valence-electron chi connectivity index (χ3n) is 2.65. The number of aliphatic hydroxyl groups is 1. The molecule has 0 aliphatic heterocycles. The molecular weight excluding hydrogens is 298 g/mol. The molecule has 8 nitrogen and oxygen atoms in total. The molecule has 0 amide bonds. The molecular formula is C12H11N3O5S. The zero-order chi connectivity index (χ0) is 15.5. The van der Waals surface area contributed by atoms with Crippen molar-refractivity contribution in [2.75, 3.05) is 4.72 Å². The Balaban J connectivity index is 2.32. The van der Waals surface area contributed by atoms with Crippen molar-refractivity contribution in [3.05, 3.63) is 58.3 Å². The predicted molar refractivity (Wildman–Crippen MR) is 74.1 cm³/mol. The van der Waals surface area contributed by atoms with Gasteiger partial charge in [-0.25, -0.2) is 8.42 Å². The molecule has 0 fully saturated rings. The second kappa shape index (κ2) is 5.85. The molecule has 2 aromatic rings. The Labute approximate surface area is 120 Å². The van der Waals surface area contributed by atoms with Gasteiger partial charge in [0.15, 0.2) is 6.20 Å². The van der Waals surface area contributed by atoms with E-state index in [9.17, 15) is 18.5 Å². The number of pyridine rings is 1. The summed E-state index contributed by atoms with van der Waals surface area (Å²) in [5.41, 5.74) is 0.647. The molecule has 2 rings (SSSR count). The number of hydrogen-bond donors (Lipinski definition) is 2. The van der Waals surface area contributed by atoms with Crippen LogP contribution >= 0.6 is 0 Å². The lowest BCUT2D eigenvalue weighted by molar-refractivity contribution is -0.389. The highest BCUT2D eigenvalue weighted by Crippen LogP contribution is 2.20. The lowest BCUT2D eigenvalue weighted by Crippen LogP contribution is -2.14. The fraction of sp³-hybridized carbons (Fsp3) is 0.0833. The number of anilines is 1. The first kappa shape index (κ1) is 14.9. The molecule has 1 aromatic carbocycles. The van der Waals surface area contributed by atoms with E-state index in [2.05, 4.69) is 9.71 Å². The summed E-state index contributed by atoms with van der Waals surface area (Å²) in [4.78, 5) is 13.0. The van der Waals surface area contributed by atoms with Gasteiger partial charge in [-0.15, -0.1) is 0 Å². The van der Waals surface area contributed by atoms with E-state index in [1.165, 1.54) is 6.07 Å². The average Bonchev–Trinajstić information content (AvgIpc) is 2.47. The lowest BCUT2D eigenvalue weighted by Gasteiger charge is -2.10. The zero-order valence-electron chi connectivity index (χ0n) is 10.6. The van der Waals surface area contributed by atoms with Crippen LogP contribution in [0.2, 0.25) is 0 Å². The molecule has 110 valence electrons. The predicted octanol–water partition coefficient (Wildman–Crippen LogP) is 1.28. The number of hydrogen-bond acceptors (Lipinski definition) is 6. The average molecular weight is 309 g/mol. The molecule has 0 saturated heterocycles. The number of nitrogens with zero attached hydrogens (tertiary/aromatic N) is 2. The van der Waals surface area contributed by atoms with Gasteiger partial charge in [0.1, 0.15) is 4.90 Å². The Morgan fingerprint density at radius 2 is 1.95 bits per heavy atom. The fourth-order valence-corrected chi connectivity index (χ4v) is 2.65. The number of sulfonamides is 1. The van der Waals surface area contributed by atoms with Gasteiger partial charge in [-0.1, -0.05) is 18.2 Å². The van der Waals surface area contributed by atoms with E-state index < -0.39 is 20.8 Å². The van der Waals surface area contributed by atoms with E-state index in [1.54, 1.807) is 18.2 Å². The van der Waals surface area contributed by atoms with E-state index >= 15 is 0 Å². The lowest BCUT2D eigenvalue weighted by atomic mass is 10.2. The van der Waals surface area contributed by atoms with Gasteiger partial charge >= 0.3 is 5.82 Å². The maximum Gasteiger partial charge on any atom is 0.363 e. The van der Waals surface area contributed by atoms with Crippen molar-refractivity contribution in [2.45, 2.75) is 11.5 Å². The number of aromatic nitrogens is 1. The monoisotopic (exact) mass is 309 g/mol. The van der Waals surface area contributed by atoms with Gasteiger partial charge in [0.2, 0.25) is 0 Å². The van der Waals surface area contributed by atoms with Gasteiger partial charge in [0, 0.05) is 11.6 Å². The molecule has 1 heterocycles. The molecule has 0 unspecified atom stereocenters. The number of nitro groups is 1. The third kappa shape index (κ3) is 3.33. The maximum atomic E-state index is 12.1. The van der Waals surface area contributed by atoms with Gasteiger partial charge in [0.05, 0.1) is 12.3 Å². The molecule has 0 atom stereocenters. The number of para-hydroxylation sites is 1. The fourth-order valence-electron chi connectivity index (χ4n) is 1.60. The van der Waals surface area contributed by atoms with Crippen LogP contribution in [0.1, 0.15) is 5.56 Å². The SMILES string of the molecule is O=[N+]([O-])c1ccc(S(=O)(=O)Nc2ccccc2CO)cn1. The number of benzene rings is 1. The number of rotatable bonds is 5. The normalized spacial score (nSPS) is 11.1. The van der Waals surface area contributed by atoms with Crippen molar-refractivity contribution in [2.24, 2.45) is 0 Å². The van der Waals surface area contributed by atoms with E-state index in [-0.39, 0.29) is 17.2 Å².